The average Bonchev–Trinajstić information content (AvgIpc) is 3.01. The van der Waals surface area contributed by atoms with Crippen molar-refractivity contribution in [3.8, 4) is 5.75 Å². The Morgan fingerprint density at radius 3 is 2.26 bits per heavy atom. The largest absolute Gasteiger partial charge is 0.493 e. The third kappa shape index (κ3) is 5.33. The number of likely N-dealkylation sites (N-methyl/N-ethyl adjacent to an activating group) is 1. The van der Waals surface area contributed by atoms with Crippen LogP contribution in [0.1, 0.15) is 25.0 Å². The first-order valence-corrected chi connectivity index (χ1v) is 10.5. The van der Waals surface area contributed by atoms with Gasteiger partial charge in [0.15, 0.2) is 0 Å². The molecule has 2 aromatic carbocycles. The lowest BCUT2D eigenvalue weighted by molar-refractivity contribution is -0.138. The van der Waals surface area contributed by atoms with Crippen LogP contribution in [0.2, 0.25) is 0 Å². The molecule has 164 valence electrons. The maximum Gasteiger partial charge on any atom is 0.277 e. The molecule has 1 heterocycles. The molecule has 0 N–H and O–H groups in total. The maximum absolute atomic E-state index is 13.2. The van der Waals surface area contributed by atoms with Crippen LogP contribution < -0.4 is 4.74 Å². The van der Waals surface area contributed by atoms with Crippen LogP contribution in [0.4, 0.5) is 0 Å². The van der Waals surface area contributed by atoms with Crippen molar-refractivity contribution in [1.29, 1.82) is 0 Å². The molecule has 6 heteroatoms. The number of benzene rings is 2. The van der Waals surface area contributed by atoms with E-state index in [1.807, 2.05) is 66.5 Å². The summed E-state index contributed by atoms with van der Waals surface area (Å²) < 4.78 is 10.9. The highest BCUT2D eigenvalue weighted by Gasteiger charge is 2.40. The molecule has 2 aromatic rings. The van der Waals surface area contributed by atoms with Crippen LogP contribution in [-0.2, 0) is 20.9 Å². The molecule has 0 aliphatic carbocycles. The van der Waals surface area contributed by atoms with Gasteiger partial charge < -0.3 is 14.4 Å². The predicted octanol–water partition coefficient (Wildman–Crippen LogP) is 3.58. The van der Waals surface area contributed by atoms with Crippen molar-refractivity contribution in [1.82, 2.24) is 9.80 Å². The van der Waals surface area contributed by atoms with E-state index >= 15 is 0 Å². The zero-order valence-corrected chi connectivity index (χ0v) is 18.6. The van der Waals surface area contributed by atoms with Crippen LogP contribution in [0.3, 0.4) is 0 Å². The summed E-state index contributed by atoms with van der Waals surface area (Å²) in [5, 5.41) is 0. The first-order chi connectivity index (χ1) is 14.9. The third-order valence-corrected chi connectivity index (χ3v) is 5.03. The number of carbonyl (C=O) groups is 2. The smallest absolute Gasteiger partial charge is 0.277 e. The van der Waals surface area contributed by atoms with Crippen LogP contribution in [0, 0.1) is 5.92 Å². The standard InChI is InChI=1S/C25H30N2O4/c1-18(2)17-31-21-12-10-20(11-13-21)22-23(25(29)27(24(22)28)14-15-30-4)26(3)16-19-8-6-5-7-9-19/h5-13,18H,14-17H2,1-4H3. The minimum Gasteiger partial charge on any atom is -0.493 e. The van der Waals surface area contributed by atoms with Crippen LogP contribution >= 0.6 is 0 Å². The Labute approximate surface area is 184 Å². The molecule has 0 spiro atoms. The van der Waals surface area contributed by atoms with Crippen molar-refractivity contribution in [3.05, 3.63) is 71.4 Å². The predicted molar refractivity (Wildman–Crippen MR) is 120 cm³/mol. The summed E-state index contributed by atoms with van der Waals surface area (Å²) in [6.07, 6.45) is 0. The minimum absolute atomic E-state index is 0.218. The Balaban J connectivity index is 1.93. The van der Waals surface area contributed by atoms with E-state index in [9.17, 15) is 9.59 Å². The zero-order valence-electron chi connectivity index (χ0n) is 18.6. The van der Waals surface area contributed by atoms with Gasteiger partial charge in [-0.25, -0.2) is 0 Å². The summed E-state index contributed by atoms with van der Waals surface area (Å²) in [6, 6.07) is 17.2. The fourth-order valence-corrected chi connectivity index (χ4v) is 3.48. The van der Waals surface area contributed by atoms with Gasteiger partial charge >= 0.3 is 0 Å². The van der Waals surface area contributed by atoms with Gasteiger partial charge in [0.05, 0.1) is 25.3 Å². The summed E-state index contributed by atoms with van der Waals surface area (Å²) in [4.78, 5) is 29.5. The Bertz CT molecular complexity index is 936. The molecule has 0 fully saturated rings. The first kappa shape index (κ1) is 22.6. The van der Waals surface area contributed by atoms with E-state index in [2.05, 4.69) is 13.8 Å². The summed E-state index contributed by atoms with van der Waals surface area (Å²) in [7, 11) is 3.39. The van der Waals surface area contributed by atoms with Crippen molar-refractivity contribution in [3.63, 3.8) is 0 Å². The van der Waals surface area contributed by atoms with Gasteiger partial charge in [0, 0.05) is 20.7 Å². The van der Waals surface area contributed by atoms with Crippen LogP contribution in [0.25, 0.3) is 5.57 Å². The lowest BCUT2D eigenvalue weighted by Crippen LogP contribution is -2.36. The van der Waals surface area contributed by atoms with Gasteiger partial charge in [-0.3, -0.25) is 14.5 Å². The number of rotatable bonds is 10. The molecular weight excluding hydrogens is 392 g/mol. The van der Waals surface area contributed by atoms with E-state index in [4.69, 9.17) is 9.47 Å². The van der Waals surface area contributed by atoms with Gasteiger partial charge in [0.2, 0.25) is 0 Å². The van der Waals surface area contributed by atoms with Crippen LogP contribution in [0.15, 0.2) is 60.3 Å². The quantitative estimate of drug-likeness (QED) is 0.548. The fourth-order valence-electron chi connectivity index (χ4n) is 3.48. The van der Waals surface area contributed by atoms with E-state index in [0.717, 1.165) is 11.3 Å². The zero-order chi connectivity index (χ0) is 22.4. The van der Waals surface area contributed by atoms with Gasteiger partial charge in [-0.1, -0.05) is 56.3 Å². The number of hydrogen-bond donors (Lipinski definition) is 0. The molecule has 0 radical (unpaired) electrons. The molecule has 2 amide bonds. The van der Waals surface area contributed by atoms with Crippen molar-refractivity contribution < 1.29 is 19.1 Å². The fraction of sp³-hybridized carbons (Fsp3) is 0.360. The van der Waals surface area contributed by atoms with E-state index in [-0.39, 0.29) is 18.4 Å². The molecule has 1 aliphatic rings. The number of nitrogens with zero attached hydrogens (tertiary/aromatic N) is 2. The molecule has 3 rings (SSSR count). The summed E-state index contributed by atoms with van der Waals surface area (Å²) in [6.45, 7) is 5.83. The minimum atomic E-state index is -0.298. The Kier molecular flexibility index (Phi) is 7.47. The van der Waals surface area contributed by atoms with Crippen LogP contribution in [0.5, 0.6) is 5.75 Å². The number of hydrogen-bond acceptors (Lipinski definition) is 5. The van der Waals surface area contributed by atoms with E-state index in [1.165, 1.54) is 4.90 Å². The van der Waals surface area contributed by atoms with E-state index < -0.39 is 0 Å². The summed E-state index contributed by atoms with van der Waals surface area (Å²) in [5.41, 5.74) is 2.57. The lowest BCUT2D eigenvalue weighted by atomic mass is 10.0. The molecule has 0 aromatic heterocycles. The summed E-state index contributed by atoms with van der Waals surface area (Å²) in [5.74, 6) is 0.567. The maximum atomic E-state index is 13.2. The van der Waals surface area contributed by atoms with Gasteiger partial charge in [-0.2, -0.15) is 0 Å². The highest BCUT2D eigenvalue weighted by molar-refractivity contribution is 6.35. The molecule has 31 heavy (non-hydrogen) atoms. The molecular formula is C25H30N2O4. The molecule has 6 nitrogen and oxygen atoms in total. The van der Waals surface area contributed by atoms with Gasteiger partial charge in [-0.05, 0) is 29.2 Å². The molecule has 0 bridgehead atoms. The Hall–Kier alpha value is -3.12. The normalized spacial score (nSPS) is 14.0. The Morgan fingerprint density at radius 2 is 1.65 bits per heavy atom. The number of methoxy groups -OCH3 is 1. The van der Waals surface area contributed by atoms with Gasteiger partial charge in [0.1, 0.15) is 11.4 Å². The van der Waals surface area contributed by atoms with Gasteiger partial charge in [0.25, 0.3) is 11.8 Å². The van der Waals surface area contributed by atoms with Crippen molar-refractivity contribution in [2.45, 2.75) is 20.4 Å². The topological polar surface area (TPSA) is 59.1 Å². The second-order valence-electron chi connectivity index (χ2n) is 8.05. The van der Waals surface area contributed by atoms with E-state index in [0.29, 0.717) is 42.5 Å². The lowest BCUT2D eigenvalue weighted by Gasteiger charge is -2.21. The second-order valence-corrected chi connectivity index (χ2v) is 8.05. The average molecular weight is 423 g/mol. The summed E-state index contributed by atoms with van der Waals surface area (Å²) >= 11 is 0. The van der Waals surface area contributed by atoms with Crippen molar-refractivity contribution in [2.24, 2.45) is 5.92 Å². The van der Waals surface area contributed by atoms with Crippen molar-refractivity contribution >= 4 is 17.4 Å². The van der Waals surface area contributed by atoms with Gasteiger partial charge in [-0.15, -0.1) is 0 Å². The molecule has 0 atom stereocenters. The molecule has 1 aliphatic heterocycles. The number of imide groups is 1. The number of carbonyl (C=O) groups excluding carboxylic acids is 2. The second kappa shape index (κ2) is 10.3. The third-order valence-electron chi connectivity index (χ3n) is 5.03. The SMILES string of the molecule is COCCN1C(=O)C(c2ccc(OCC(C)C)cc2)=C(N(C)Cc2ccccc2)C1=O. The molecule has 0 unspecified atom stereocenters. The number of amides is 2. The monoisotopic (exact) mass is 422 g/mol. The molecule has 0 saturated heterocycles. The molecule has 0 saturated carbocycles. The first-order valence-electron chi connectivity index (χ1n) is 10.5. The number of ether oxygens (including phenoxy) is 2. The van der Waals surface area contributed by atoms with E-state index in [1.54, 1.807) is 7.11 Å². The van der Waals surface area contributed by atoms with Crippen LogP contribution in [-0.4, -0.2) is 55.5 Å². The van der Waals surface area contributed by atoms with Crippen molar-refractivity contribution in [2.75, 3.05) is 33.9 Å². The highest BCUT2D eigenvalue weighted by Crippen LogP contribution is 2.32. The Morgan fingerprint density at radius 1 is 0.968 bits per heavy atom. The highest BCUT2D eigenvalue weighted by atomic mass is 16.5.